The van der Waals surface area contributed by atoms with E-state index in [0.717, 1.165) is 11.0 Å². The summed E-state index contributed by atoms with van der Waals surface area (Å²) < 4.78 is 1.09. The molecule has 0 aromatic heterocycles. The average Bonchev–Trinajstić information content (AvgIpc) is 2.30. The third-order valence-electron chi connectivity index (χ3n) is 2.72. The maximum absolute atomic E-state index is 4.43. The van der Waals surface area contributed by atoms with Gasteiger partial charge in [0.25, 0.3) is 0 Å². The second-order valence-electron chi connectivity index (χ2n) is 3.63. The van der Waals surface area contributed by atoms with Gasteiger partial charge >= 0.3 is 0 Å². The number of nitrogens with zero attached hydrogens (tertiary/aromatic N) is 2. The number of hydrogen-bond donors (Lipinski definition) is 0. The molecule has 0 saturated carbocycles. The van der Waals surface area contributed by atoms with E-state index in [1.165, 1.54) is 31.8 Å². The third kappa shape index (κ3) is 1.80. The van der Waals surface area contributed by atoms with Crippen LogP contribution in [0.5, 0.6) is 0 Å². The molecule has 0 aromatic carbocycles. The first-order chi connectivity index (χ1) is 5.19. The number of aliphatic imine (C=N–C) groups is 1. The molecule has 0 saturated heterocycles. The van der Waals surface area contributed by atoms with Crippen LogP contribution in [-0.4, -0.2) is 37.0 Å². The van der Waals surface area contributed by atoms with E-state index in [1.807, 2.05) is 0 Å². The summed E-state index contributed by atoms with van der Waals surface area (Å²) >= 11 is 0. The Labute approximate surface area is 69.5 Å². The molecule has 0 radical (unpaired) electrons. The van der Waals surface area contributed by atoms with Gasteiger partial charge in [-0.15, -0.1) is 0 Å². The van der Waals surface area contributed by atoms with Crippen LogP contribution in [0.25, 0.3) is 0 Å². The van der Waals surface area contributed by atoms with Crippen LogP contribution in [0.15, 0.2) is 4.99 Å². The number of likely N-dealkylation sites (N-methyl/N-ethyl adjacent to an activating group) is 1. The lowest BCUT2D eigenvalue weighted by atomic mass is 10.3. The van der Waals surface area contributed by atoms with E-state index in [1.54, 1.807) is 0 Å². The number of unbranched alkanes of at least 4 members (excludes halogenated alkanes) is 1. The molecular formula is C9H19N2+. The van der Waals surface area contributed by atoms with Gasteiger partial charge in [0.2, 0.25) is 0 Å². The second kappa shape index (κ2) is 3.35. The largest absolute Gasteiger partial charge is 0.280 e. The Morgan fingerprint density at radius 3 is 2.73 bits per heavy atom. The van der Waals surface area contributed by atoms with Crippen LogP contribution < -0.4 is 0 Å². The van der Waals surface area contributed by atoms with Gasteiger partial charge in [-0.25, -0.2) is 4.99 Å². The van der Waals surface area contributed by atoms with Gasteiger partial charge in [0.05, 0.1) is 20.1 Å². The van der Waals surface area contributed by atoms with Crippen molar-refractivity contribution in [3.63, 3.8) is 0 Å². The molecule has 0 bridgehead atoms. The van der Waals surface area contributed by atoms with Crippen molar-refractivity contribution in [3.8, 4) is 0 Å². The Hall–Kier alpha value is -0.370. The Morgan fingerprint density at radius 2 is 2.27 bits per heavy atom. The molecule has 11 heavy (non-hydrogen) atoms. The minimum absolute atomic E-state index is 1.03. The van der Waals surface area contributed by atoms with Gasteiger partial charge in [-0.05, 0) is 6.42 Å². The van der Waals surface area contributed by atoms with E-state index in [9.17, 15) is 0 Å². The summed E-state index contributed by atoms with van der Waals surface area (Å²) in [4.78, 5) is 4.43. The molecular weight excluding hydrogens is 136 g/mol. The lowest BCUT2D eigenvalue weighted by Crippen LogP contribution is -2.46. The number of amidine groups is 1. The maximum Gasteiger partial charge on any atom is 0.195 e. The summed E-state index contributed by atoms with van der Waals surface area (Å²) in [6.45, 7) is 7.92. The molecule has 1 aliphatic heterocycles. The summed E-state index contributed by atoms with van der Waals surface area (Å²) in [6, 6.07) is 0. The molecule has 2 nitrogen and oxygen atoms in total. The highest BCUT2D eigenvalue weighted by Gasteiger charge is 2.28. The maximum atomic E-state index is 4.43. The van der Waals surface area contributed by atoms with Gasteiger partial charge in [-0.2, -0.15) is 0 Å². The van der Waals surface area contributed by atoms with Crippen LogP contribution >= 0.6 is 0 Å². The molecule has 1 heterocycles. The Balaban J connectivity index is 2.46. The minimum atomic E-state index is 1.03. The van der Waals surface area contributed by atoms with E-state index in [4.69, 9.17) is 0 Å². The van der Waals surface area contributed by atoms with Crippen molar-refractivity contribution in [1.82, 2.24) is 0 Å². The summed E-state index contributed by atoms with van der Waals surface area (Å²) in [5.74, 6) is 1.32. The van der Waals surface area contributed by atoms with Gasteiger partial charge in [0.15, 0.2) is 5.84 Å². The SMILES string of the molecule is CCCC[N+]1(C)CCN=C1C. The fraction of sp³-hybridized carbons (Fsp3) is 0.889. The molecule has 0 aromatic rings. The zero-order valence-corrected chi connectivity index (χ0v) is 7.93. The minimum Gasteiger partial charge on any atom is -0.280 e. The molecule has 0 spiro atoms. The molecule has 0 amide bonds. The molecule has 2 heteroatoms. The molecule has 1 atom stereocenters. The predicted octanol–water partition coefficient (Wildman–Crippen LogP) is 1.67. The Morgan fingerprint density at radius 1 is 1.55 bits per heavy atom. The molecule has 1 aliphatic rings. The van der Waals surface area contributed by atoms with Crippen molar-refractivity contribution in [3.05, 3.63) is 0 Å². The smallest absolute Gasteiger partial charge is 0.195 e. The van der Waals surface area contributed by atoms with Gasteiger partial charge in [-0.1, -0.05) is 13.3 Å². The van der Waals surface area contributed by atoms with Gasteiger partial charge < -0.3 is 0 Å². The summed E-state index contributed by atoms with van der Waals surface area (Å²) in [6.07, 6.45) is 2.62. The monoisotopic (exact) mass is 155 g/mol. The zero-order chi connectivity index (χ0) is 8.32. The first kappa shape index (κ1) is 8.72. The Kier molecular flexibility index (Phi) is 2.66. The highest BCUT2D eigenvalue weighted by Crippen LogP contribution is 2.12. The first-order valence-electron chi connectivity index (χ1n) is 4.55. The van der Waals surface area contributed by atoms with E-state index in [0.29, 0.717) is 0 Å². The predicted molar refractivity (Wildman–Crippen MR) is 48.8 cm³/mol. The van der Waals surface area contributed by atoms with Crippen molar-refractivity contribution in [2.24, 2.45) is 4.99 Å². The second-order valence-corrected chi connectivity index (χ2v) is 3.63. The third-order valence-corrected chi connectivity index (χ3v) is 2.72. The Bertz CT molecular complexity index is 163. The van der Waals surface area contributed by atoms with Crippen LogP contribution in [0.2, 0.25) is 0 Å². The summed E-state index contributed by atoms with van der Waals surface area (Å²) in [7, 11) is 2.29. The molecule has 1 unspecified atom stereocenters. The zero-order valence-electron chi connectivity index (χ0n) is 7.93. The number of quaternary nitrogens is 1. The standard InChI is InChI=1S/C9H19N2/c1-4-5-7-11(3)8-6-10-9(11)2/h4-8H2,1-3H3/q+1. The number of hydrogen-bond acceptors (Lipinski definition) is 1. The van der Waals surface area contributed by atoms with Crippen LogP contribution in [0.3, 0.4) is 0 Å². The topological polar surface area (TPSA) is 12.4 Å². The van der Waals surface area contributed by atoms with Gasteiger partial charge in [0.1, 0.15) is 6.54 Å². The summed E-state index contributed by atoms with van der Waals surface area (Å²) in [5.41, 5.74) is 0. The highest BCUT2D eigenvalue weighted by atomic mass is 15.4. The molecule has 64 valence electrons. The van der Waals surface area contributed by atoms with Crippen LogP contribution in [-0.2, 0) is 0 Å². The van der Waals surface area contributed by atoms with Crippen LogP contribution in [0.4, 0.5) is 0 Å². The first-order valence-corrected chi connectivity index (χ1v) is 4.55. The number of rotatable bonds is 3. The fourth-order valence-corrected chi connectivity index (χ4v) is 1.55. The van der Waals surface area contributed by atoms with Crippen molar-refractivity contribution in [1.29, 1.82) is 0 Å². The van der Waals surface area contributed by atoms with Gasteiger partial charge in [0, 0.05) is 6.92 Å². The lowest BCUT2D eigenvalue weighted by Gasteiger charge is -2.28. The van der Waals surface area contributed by atoms with E-state index >= 15 is 0 Å². The quantitative estimate of drug-likeness (QED) is 0.550. The molecule has 0 N–H and O–H groups in total. The summed E-state index contributed by atoms with van der Waals surface area (Å²) in [5, 5.41) is 0. The molecule has 0 fully saturated rings. The van der Waals surface area contributed by atoms with Gasteiger partial charge in [-0.3, -0.25) is 4.48 Å². The molecule has 0 aliphatic carbocycles. The van der Waals surface area contributed by atoms with Crippen molar-refractivity contribution in [2.75, 3.05) is 26.7 Å². The van der Waals surface area contributed by atoms with Crippen molar-refractivity contribution in [2.45, 2.75) is 26.7 Å². The normalized spacial score (nSPS) is 30.6. The van der Waals surface area contributed by atoms with Crippen LogP contribution in [0, 0.1) is 0 Å². The fourth-order valence-electron chi connectivity index (χ4n) is 1.55. The molecule has 1 rings (SSSR count). The van der Waals surface area contributed by atoms with Crippen molar-refractivity contribution >= 4 is 5.84 Å². The average molecular weight is 155 g/mol. The van der Waals surface area contributed by atoms with E-state index in [2.05, 4.69) is 25.9 Å². The van der Waals surface area contributed by atoms with E-state index < -0.39 is 0 Å². The van der Waals surface area contributed by atoms with Crippen molar-refractivity contribution < 1.29 is 4.48 Å². The van der Waals surface area contributed by atoms with E-state index in [-0.39, 0.29) is 0 Å². The van der Waals surface area contributed by atoms with Crippen LogP contribution in [0.1, 0.15) is 26.7 Å². The highest BCUT2D eigenvalue weighted by molar-refractivity contribution is 5.73. The lowest BCUT2D eigenvalue weighted by molar-refractivity contribution is -0.814.